The van der Waals surface area contributed by atoms with Gasteiger partial charge in [0.1, 0.15) is 10.8 Å². The maximum Gasteiger partial charge on any atom is 0.129 e. The van der Waals surface area contributed by atoms with E-state index in [9.17, 15) is 0 Å². The van der Waals surface area contributed by atoms with Gasteiger partial charge < -0.3 is 4.57 Å². The van der Waals surface area contributed by atoms with Crippen LogP contribution in [-0.2, 0) is 18.6 Å². The fourth-order valence-corrected chi connectivity index (χ4v) is 5.65. The Morgan fingerprint density at radius 2 is 1.86 bits per heavy atom. The molecule has 1 fully saturated rings. The van der Waals surface area contributed by atoms with Crippen molar-refractivity contribution >= 4 is 11.3 Å². The Labute approximate surface area is 170 Å². The lowest BCUT2D eigenvalue weighted by atomic mass is 9.83. The lowest BCUT2D eigenvalue weighted by Crippen LogP contribution is -2.57. The second-order valence-corrected chi connectivity index (χ2v) is 8.78. The van der Waals surface area contributed by atoms with Crippen LogP contribution in [0.4, 0.5) is 0 Å². The highest BCUT2D eigenvalue weighted by atomic mass is 32.1. The minimum atomic E-state index is 0.0689. The van der Waals surface area contributed by atoms with E-state index in [1.54, 1.807) is 11.3 Å². The quantitative estimate of drug-likeness (QED) is 0.675. The first-order valence-corrected chi connectivity index (χ1v) is 11.2. The zero-order chi connectivity index (χ0) is 19.0. The van der Waals surface area contributed by atoms with Crippen molar-refractivity contribution in [3.05, 3.63) is 58.9 Å². The van der Waals surface area contributed by atoms with Gasteiger partial charge in [-0.3, -0.25) is 9.80 Å². The summed E-state index contributed by atoms with van der Waals surface area (Å²) < 4.78 is 2.48. The predicted molar refractivity (Wildman–Crippen MR) is 113 cm³/mol. The molecule has 1 saturated heterocycles. The van der Waals surface area contributed by atoms with Gasteiger partial charge in [-0.05, 0) is 24.9 Å². The fraction of sp³-hybridized carbons (Fsp3) is 0.455. The van der Waals surface area contributed by atoms with E-state index < -0.39 is 0 Å². The zero-order valence-corrected chi connectivity index (χ0v) is 17.2. The van der Waals surface area contributed by atoms with Gasteiger partial charge >= 0.3 is 0 Å². The van der Waals surface area contributed by atoms with E-state index in [1.165, 1.54) is 22.1 Å². The van der Waals surface area contributed by atoms with Crippen molar-refractivity contribution in [2.45, 2.75) is 38.4 Å². The molecule has 0 amide bonds. The number of rotatable bonds is 4. The molecule has 0 N–H and O–H groups in total. The van der Waals surface area contributed by atoms with Gasteiger partial charge in [0.15, 0.2) is 0 Å². The van der Waals surface area contributed by atoms with Crippen molar-refractivity contribution in [2.75, 3.05) is 26.2 Å². The molecule has 146 valence electrons. The second kappa shape index (κ2) is 7.43. The van der Waals surface area contributed by atoms with Crippen LogP contribution in [0, 0.1) is 0 Å². The maximum atomic E-state index is 5.00. The van der Waals surface area contributed by atoms with Crippen molar-refractivity contribution in [1.82, 2.24) is 24.3 Å². The lowest BCUT2D eigenvalue weighted by molar-refractivity contribution is -0.00773. The number of benzene rings is 1. The molecule has 0 atom stereocenters. The number of hydrogen-bond donors (Lipinski definition) is 0. The van der Waals surface area contributed by atoms with Crippen molar-refractivity contribution < 1.29 is 0 Å². The molecule has 1 spiro atoms. The Hall–Kier alpha value is -2.02. The van der Waals surface area contributed by atoms with E-state index in [0.717, 1.165) is 52.1 Å². The van der Waals surface area contributed by atoms with Crippen molar-refractivity contribution in [2.24, 2.45) is 0 Å². The number of imidazole rings is 1. The smallest absolute Gasteiger partial charge is 0.129 e. The summed E-state index contributed by atoms with van der Waals surface area (Å²) in [5.41, 5.74) is 2.60. The fourth-order valence-electron chi connectivity index (χ4n) is 4.99. The first-order chi connectivity index (χ1) is 13.8. The normalized spacial score (nSPS) is 19.8. The summed E-state index contributed by atoms with van der Waals surface area (Å²) in [6, 6.07) is 10.7. The molecule has 1 aromatic carbocycles. The van der Waals surface area contributed by atoms with Gasteiger partial charge in [-0.15, -0.1) is 11.3 Å². The molecule has 6 heteroatoms. The maximum absolute atomic E-state index is 5.00. The minimum Gasteiger partial charge on any atom is -0.325 e. The third-order valence-corrected chi connectivity index (χ3v) is 7.21. The van der Waals surface area contributed by atoms with Crippen LogP contribution in [0.25, 0.3) is 11.3 Å². The molecule has 5 rings (SSSR count). The summed E-state index contributed by atoms with van der Waals surface area (Å²) in [6.07, 6.45) is 6.27. The standard InChI is InChI=1S/C22H27N5S/c1-2-26-13-14-27-19(18-6-4-3-5-7-18)16-24-21(27)22(26)8-11-25(12-9-22)17-20-23-10-15-28-20/h3-7,10,15-16H,2,8-9,11-14,17H2,1H3. The van der Waals surface area contributed by atoms with Gasteiger partial charge in [0.25, 0.3) is 0 Å². The summed E-state index contributed by atoms with van der Waals surface area (Å²) in [6.45, 7) is 8.68. The van der Waals surface area contributed by atoms with Crippen LogP contribution in [0.3, 0.4) is 0 Å². The van der Waals surface area contributed by atoms with Crippen LogP contribution in [0.1, 0.15) is 30.6 Å². The van der Waals surface area contributed by atoms with Crippen LogP contribution >= 0.6 is 11.3 Å². The number of fused-ring (bicyclic) bond motifs is 2. The van der Waals surface area contributed by atoms with E-state index >= 15 is 0 Å². The van der Waals surface area contributed by atoms with Crippen molar-refractivity contribution in [1.29, 1.82) is 0 Å². The van der Waals surface area contributed by atoms with Crippen molar-refractivity contribution in [3.63, 3.8) is 0 Å². The molecule has 4 heterocycles. The summed E-state index contributed by atoms with van der Waals surface area (Å²) in [4.78, 5) is 14.7. The highest BCUT2D eigenvalue weighted by molar-refractivity contribution is 7.09. The first kappa shape index (κ1) is 18.0. The van der Waals surface area contributed by atoms with E-state index in [2.05, 4.69) is 68.2 Å². The molecule has 2 aliphatic heterocycles. The molecular formula is C22H27N5S. The van der Waals surface area contributed by atoms with E-state index in [1.807, 2.05) is 6.20 Å². The summed E-state index contributed by atoms with van der Waals surface area (Å²) in [5.74, 6) is 1.27. The van der Waals surface area contributed by atoms with Gasteiger partial charge in [-0.2, -0.15) is 0 Å². The topological polar surface area (TPSA) is 37.2 Å². The average molecular weight is 394 g/mol. The Morgan fingerprint density at radius 1 is 1.04 bits per heavy atom. The van der Waals surface area contributed by atoms with Crippen LogP contribution in [0.2, 0.25) is 0 Å². The third kappa shape index (κ3) is 3.00. The Kier molecular flexibility index (Phi) is 4.78. The Morgan fingerprint density at radius 3 is 2.57 bits per heavy atom. The van der Waals surface area contributed by atoms with Gasteiger partial charge in [-0.25, -0.2) is 9.97 Å². The molecule has 28 heavy (non-hydrogen) atoms. The van der Waals surface area contributed by atoms with Gasteiger partial charge in [-0.1, -0.05) is 37.3 Å². The molecule has 0 unspecified atom stereocenters. The highest BCUT2D eigenvalue weighted by Crippen LogP contribution is 2.42. The largest absolute Gasteiger partial charge is 0.325 e. The molecule has 0 saturated carbocycles. The summed E-state index contributed by atoms with van der Waals surface area (Å²) in [7, 11) is 0. The average Bonchev–Trinajstić information content (AvgIpc) is 3.41. The van der Waals surface area contributed by atoms with Gasteiger partial charge in [0.05, 0.1) is 24.0 Å². The number of nitrogens with zero attached hydrogens (tertiary/aromatic N) is 5. The predicted octanol–water partition coefficient (Wildman–Crippen LogP) is 3.83. The van der Waals surface area contributed by atoms with Crippen LogP contribution < -0.4 is 0 Å². The number of thiazole rings is 1. The Bertz CT molecular complexity index is 910. The number of likely N-dealkylation sites (tertiary alicyclic amines) is 1. The van der Waals surface area contributed by atoms with Gasteiger partial charge in [0.2, 0.25) is 0 Å². The molecule has 2 aromatic heterocycles. The van der Waals surface area contributed by atoms with Crippen molar-refractivity contribution in [3.8, 4) is 11.3 Å². The molecule has 0 aliphatic carbocycles. The molecule has 3 aromatic rings. The van der Waals surface area contributed by atoms with Crippen LogP contribution in [-0.4, -0.2) is 50.5 Å². The number of likely N-dealkylation sites (N-methyl/N-ethyl adjacent to an activating group) is 1. The second-order valence-electron chi connectivity index (χ2n) is 7.80. The molecule has 0 bridgehead atoms. The van der Waals surface area contributed by atoms with E-state index in [0.29, 0.717) is 0 Å². The number of piperidine rings is 1. The SMILES string of the molecule is CCN1CCn2c(-c3ccccc3)cnc2C12CCN(Cc1nccs1)CC2. The minimum absolute atomic E-state index is 0.0689. The zero-order valence-electron chi connectivity index (χ0n) is 16.4. The third-order valence-electron chi connectivity index (χ3n) is 6.45. The summed E-state index contributed by atoms with van der Waals surface area (Å²) >= 11 is 1.76. The van der Waals surface area contributed by atoms with Crippen LogP contribution in [0.15, 0.2) is 48.1 Å². The first-order valence-electron chi connectivity index (χ1n) is 10.3. The number of hydrogen-bond acceptors (Lipinski definition) is 5. The van der Waals surface area contributed by atoms with E-state index in [4.69, 9.17) is 4.98 Å². The highest BCUT2D eigenvalue weighted by Gasteiger charge is 2.46. The van der Waals surface area contributed by atoms with Crippen LogP contribution in [0.5, 0.6) is 0 Å². The Balaban J connectivity index is 1.44. The number of aromatic nitrogens is 3. The lowest BCUT2D eigenvalue weighted by Gasteiger charge is -2.50. The molecule has 0 radical (unpaired) electrons. The van der Waals surface area contributed by atoms with Gasteiger partial charge in [0, 0.05) is 37.8 Å². The van der Waals surface area contributed by atoms with E-state index in [-0.39, 0.29) is 5.54 Å². The molecular weight excluding hydrogens is 366 g/mol. The summed E-state index contributed by atoms with van der Waals surface area (Å²) in [5, 5.41) is 3.29. The molecule has 2 aliphatic rings. The monoisotopic (exact) mass is 393 g/mol. The molecule has 5 nitrogen and oxygen atoms in total.